The van der Waals surface area contributed by atoms with Crippen LogP contribution >= 0.6 is 0 Å². The van der Waals surface area contributed by atoms with Crippen molar-refractivity contribution in [3.63, 3.8) is 0 Å². The lowest BCUT2D eigenvalue weighted by Gasteiger charge is -2.40. The summed E-state index contributed by atoms with van der Waals surface area (Å²) in [6, 6.07) is 11.1. The first kappa shape index (κ1) is 16.3. The highest BCUT2D eigenvalue weighted by Gasteiger charge is 2.32. The smallest absolute Gasteiger partial charge is 0.407 e. The van der Waals surface area contributed by atoms with Gasteiger partial charge in [0.2, 0.25) is 0 Å². The van der Waals surface area contributed by atoms with E-state index in [4.69, 9.17) is 4.74 Å². The number of piperidine rings is 1. The van der Waals surface area contributed by atoms with Gasteiger partial charge in [-0.2, -0.15) is 0 Å². The fourth-order valence-corrected chi connectivity index (χ4v) is 3.44. The van der Waals surface area contributed by atoms with Crippen LogP contribution < -0.4 is 10.6 Å². The Bertz CT molecular complexity index is 502. The van der Waals surface area contributed by atoms with Gasteiger partial charge in [-0.1, -0.05) is 30.3 Å². The summed E-state index contributed by atoms with van der Waals surface area (Å²) in [5, 5.41) is 6.66. The van der Waals surface area contributed by atoms with E-state index in [-0.39, 0.29) is 12.1 Å². The molecule has 0 spiro atoms. The number of hydrogen-bond donors (Lipinski definition) is 2. The summed E-state index contributed by atoms with van der Waals surface area (Å²) in [4.78, 5) is 14.2. The van der Waals surface area contributed by atoms with Crippen molar-refractivity contribution in [1.82, 2.24) is 15.5 Å². The average Bonchev–Trinajstić information content (AvgIpc) is 2.52. The molecule has 1 aliphatic heterocycles. The Kier molecular flexibility index (Phi) is 5.51. The van der Waals surface area contributed by atoms with E-state index in [0.29, 0.717) is 18.7 Å². The molecule has 5 nitrogen and oxygen atoms in total. The molecule has 1 amide bonds. The second-order valence-corrected chi connectivity index (χ2v) is 6.84. The van der Waals surface area contributed by atoms with E-state index in [2.05, 4.69) is 22.6 Å². The SMILES string of the molecule is CN1CCCC(NC2CC(NC(=O)OCc3ccccc3)C2)C1. The minimum absolute atomic E-state index is 0.247. The summed E-state index contributed by atoms with van der Waals surface area (Å²) in [5.74, 6) is 0. The summed E-state index contributed by atoms with van der Waals surface area (Å²) in [5.41, 5.74) is 1.01. The zero-order valence-electron chi connectivity index (χ0n) is 13.8. The minimum atomic E-state index is -0.310. The van der Waals surface area contributed by atoms with Crippen molar-refractivity contribution in [3.8, 4) is 0 Å². The number of likely N-dealkylation sites (tertiary alicyclic amines) is 1. The Morgan fingerprint density at radius 2 is 2.00 bits per heavy atom. The van der Waals surface area contributed by atoms with Gasteiger partial charge in [-0.15, -0.1) is 0 Å². The molecule has 1 atom stereocenters. The summed E-state index contributed by atoms with van der Waals surface area (Å²) >= 11 is 0. The molecule has 0 bridgehead atoms. The van der Waals surface area contributed by atoms with Crippen molar-refractivity contribution >= 4 is 6.09 Å². The van der Waals surface area contributed by atoms with Gasteiger partial charge in [0, 0.05) is 24.7 Å². The standard InChI is InChI=1S/C18H27N3O2/c1-21-9-5-8-15(12-21)19-16-10-17(11-16)20-18(22)23-13-14-6-3-2-4-7-14/h2-4,6-7,15-17,19H,5,8-13H2,1H3,(H,20,22). The van der Waals surface area contributed by atoms with Gasteiger partial charge in [0.25, 0.3) is 0 Å². The van der Waals surface area contributed by atoms with Gasteiger partial charge in [-0.25, -0.2) is 4.79 Å². The van der Waals surface area contributed by atoms with Crippen molar-refractivity contribution in [2.75, 3.05) is 20.1 Å². The molecular formula is C18H27N3O2. The van der Waals surface area contributed by atoms with Gasteiger partial charge in [0.15, 0.2) is 0 Å². The largest absolute Gasteiger partial charge is 0.445 e. The number of carbonyl (C=O) groups is 1. The lowest BCUT2D eigenvalue weighted by atomic mass is 9.86. The van der Waals surface area contributed by atoms with Gasteiger partial charge in [0.1, 0.15) is 6.61 Å². The van der Waals surface area contributed by atoms with E-state index >= 15 is 0 Å². The Morgan fingerprint density at radius 3 is 2.74 bits per heavy atom. The molecule has 1 saturated carbocycles. The number of rotatable bonds is 5. The molecule has 1 aromatic carbocycles. The molecule has 1 heterocycles. The predicted octanol–water partition coefficient (Wildman–Crippen LogP) is 2.13. The van der Waals surface area contributed by atoms with E-state index in [1.807, 2.05) is 30.3 Å². The first-order chi connectivity index (χ1) is 11.2. The number of carbonyl (C=O) groups excluding carboxylic acids is 1. The Morgan fingerprint density at radius 1 is 1.22 bits per heavy atom. The van der Waals surface area contributed by atoms with Gasteiger partial charge in [-0.3, -0.25) is 0 Å². The molecule has 126 valence electrons. The van der Waals surface area contributed by atoms with Crippen LogP contribution in [0.25, 0.3) is 0 Å². The molecule has 1 aromatic rings. The molecule has 0 radical (unpaired) electrons. The first-order valence-corrected chi connectivity index (χ1v) is 8.61. The monoisotopic (exact) mass is 317 g/mol. The van der Waals surface area contributed by atoms with Crippen LogP contribution in [0.5, 0.6) is 0 Å². The Hall–Kier alpha value is -1.59. The van der Waals surface area contributed by atoms with Crippen LogP contribution in [0.15, 0.2) is 30.3 Å². The van der Waals surface area contributed by atoms with Crippen molar-refractivity contribution in [3.05, 3.63) is 35.9 Å². The molecule has 2 aliphatic rings. The highest BCUT2D eigenvalue weighted by molar-refractivity contribution is 5.67. The number of alkyl carbamates (subject to hydrolysis) is 1. The average molecular weight is 317 g/mol. The lowest BCUT2D eigenvalue weighted by molar-refractivity contribution is 0.121. The third-order valence-electron chi connectivity index (χ3n) is 4.77. The van der Waals surface area contributed by atoms with E-state index in [1.165, 1.54) is 19.4 Å². The molecule has 2 N–H and O–H groups in total. The van der Waals surface area contributed by atoms with Crippen molar-refractivity contribution in [2.24, 2.45) is 0 Å². The fraction of sp³-hybridized carbons (Fsp3) is 0.611. The third-order valence-corrected chi connectivity index (χ3v) is 4.77. The molecule has 2 fully saturated rings. The van der Waals surface area contributed by atoms with E-state index in [1.54, 1.807) is 0 Å². The van der Waals surface area contributed by atoms with E-state index in [0.717, 1.165) is 24.9 Å². The summed E-state index contributed by atoms with van der Waals surface area (Å²) in [6.45, 7) is 2.67. The molecule has 3 rings (SSSR count). The van der Waals surface area contributed by atoms with Crippen LogP contribution in [0.1, 0.15) is 31.2 Å². The summed E-state index contributed by atoms with van der Waals surface area (Å²) in [6.07, 6.45) is 4.22. The predicted molar refractivity (Wildman–Crippen MR) is 90.2 cm³/mol. The summed E-state index contributed by atoms with van der Waals surface area (Å²) < 4.78 is 5.26. The van der Waals surface area contributed by atoms with Crippen LogP contribution in [0.2, 0.25) is 0 Å². The van der Waals surface area contributed by atoms with Crippen molar-refractivity contribution in [2.45, 2.75) is 50.4 Å². The molecule has 23 heavy (non-hydrogen) atoms. The quantitative estimate of drug-likeness (QED) is 0.873. The minimum Gasteiger partial charge on any atom is -0.445 e. The number of ether oxygens (including phenoxy) is 1. The molecule has 1 saturated heterocycles. The van der Waals surface area contributed by atoms with Crippen LogP contribution in [-0.4, -0.2) is 49.3 Å². The van der Waals surface area contributed by atoms with Crippen LogP contribution in [0.4, 0.5) is 4.79 Å². The second-order valence-electron chi connectivity index (χ2n) is 6.84. The maximum Gasteiger partial charge on any atom is 0.407 e. The van der Waals surface area contributed by atoms with Crippen molar-refractivity contribution < 1.29 is 9.53 Å². The van der Waals surface area contributed by atoms with Crippen LogP contribution in [0, 0.1) is 0 Å². The third kappa shape index (κ3) is 4.94. The zero-order valence-corrected chi connectivity index (χ0v) is 13.8. The highest BCUT2D eigenvalue weighted by atomic mass is 16.5. The zero-order chi connectivity index (χ0) is 16.1. The maximum absolute atomic E-state index is 11.8. The molecule has 1 unspecified atom stereocenters. The second kappa shape index (κ2) is 7.79. The van der Waals surface area contributed by atoms with Crippen LogP contribution in [0.3, 0.4) is 0 Å². The topological polar surface area (TPSA) is 53.6 Å². The van der Waals surface area contributed by atoms with Crippen molar-refractivity contribution in [1.29, 1.82) is 0 Å². The molecule has 5 heteroatoms. The number of benzene rings is 1. The molecular weight excluding hydrogens is 290 g/mol. The first-order valence-electron chi connectivity index (χ1n) is 8.61. The lowest BCUT2D eigenvalue weighted by Crippen LogP contribution is -2.57. The number of hydrogen-bond acceptors (Lipinski definition) is 4. The van der Waals surface area contributed by atoms with Gasteiger partial charge < -0.3 is 20.3 Å². The highest BCUT2D eigenvalue weighted by Crippen LogP contribution is 2.22. The van der Waals surface area contributed by atoms with Gasteiger partial charge >= 0.3 is 6.09 Å². The maximum atomic E-state index is 11.8. The number of amides is 1. The Balaban J connectivity index is 1.30. The number of likely N-dealkylation sites (N-methyl/N-ethyl adjacent to an activating group) is 1. The van der Waals surface area contributed by atoms with E-state index in [9.17, 15) is 4.79 Å². The number of nitrogens with zero attached hydrogens (tertiary/aromatic N) is 1. The summed E-state index contributed by atoms with van der Waals surface area (Å²) in [7, 11) is 2.18. The fourth-order valence-electron chi connectivity index (χ4n) is 3.44. The molecule has 1 aliphatic carbocycles. The number of nitrogens with one attached hydrogen (secondary N) is 2. The Labute approximate surface area is 138 Å². The van der Waals surface area contributed by atoms with Crippen LogP contribution in [-0.2, 0) is 11.3 Å². The van der Waals surface area contributed by atoms with Gasteiger partial charge in [-0.05, 0) is 44.8 Å². The molecule has 0 aromatic heterocycles. The van der Waals surface area contributed by atoms with Gasteiger partial charge in [0.05, 0.1) is 0 Å². The normalized spacial score (nSPS) is 28.0. The van der Waals surface area contributed by atoms with E-state index < -0.39 is 0 Å².